The molecule has 1 aliphatic rings. The number of carbonyl (C=O) groups excluding carboxylic acids is 1. The van der Waals surface area contributed by atoms with Crippen LogP contribution in [0.4, 0.5) is 5.82 Å². The average Bonchev–Trinajstić information content (AvgIpc) is 2.91. The van der Waals surface area contributed by atoms with Crippen LogP contribution in [0.2, 0.25) is 0 Å². The quantitative estimate of drug-likeness (QED) is 0.767. The van der Waals surface area contributed by atoms with Gasteiger partial charge in [-0.1, -0.05) is 13.3 Å². The Kier molecular flexibility index (Phi) is 5.56. The molecular weight excluding hydrogens is 316 g/mol. The monoisotopic (exact) mass is 340 g/mol. The summed E-state index contributed by atoms with van der Waals surface area (Å²) >= 11 is 0. The minimum absolute atomic E-state index is 0.0313. The van der Waals surface area contributed by atoms with Crippen molar-refractivity contribution in [1.82, 2.24) is 14.9 Å². The van der Waals surface area contributed by atoms with Gasteiger partial charge in [-0.25, -0.2) is 18.4 Å². The van der Waals surface area contributed by atoms with Crippen molar-refractivity contribution in [3.05, 3.63) is 18.1 Å². The van der Waals surface area contributed by atoms with E-state index < -0.39 is 9.84 Å². The third-order valence-electron chi connectivity index (χ3n) is 4.19. The lowest BCUT2D eigenvalue weighted by molar-refractivity contribution is 0.0741. The molecule has 2 heterocycles. The maximum atomic E-state index is 12.6. The molecule has 1 aromatic heterocycles. The van der Waals surface area contributed by atoms with Crippen LogP contribution in [-0.4, -0.2) is 67.4 Å². The van der Waals surface area contributed by atoms with Crippen LogP contribution < -0.4 is 4.90 Å². The van der Waals surface area contributed by atoms with Crippen molar-refractivity contribution >= 4 is 21.6 Å². The Morgan fingerprint density at radius 3 is 2.70 bits per heavy atom. The largest absolute Gasteiger partial charge is 0.360 e. The highest BCUT2D eigenvalue weighted by atomic mass is 32.2. The average molecular weight is 340 g/mol. The Labute approximate surface area is 137 Å². The minimum Gasteiger partial charge on any atom is -0.360 e. The number of rotatable bonds is 6. The molecule has 0 aliphatic carbocycles. The van der Waals surface area contributed by atoms with Gasteiger partial charge in [0.15, 0.2) is 9.84 Å². The summed E-state index contributed by atoms with van der Waals surface area (Å²) in [6, 6.07) is 1.39. The predicted molar refractivity (Wildman–Crippen MR) is 89.4 cm³/mol. The molecule has 8 heteroatoms. The molecule has 0 aromatic carbocycles. The van der Waals surface area contributed by atoms with Gasteiger partial charge in [0, 0.05) is 32.7 Å². The van der Waals surface area contributed by atoms with E-state index >= 15 is 0 Å². The third kappa shape index (κ3) is 4.40. The number of hydrogen-bond donors (Lipinski definition) is 0. The van der Waals surface area contributed by atoms with Gasteiger partial charge in [0.05, 0.1) is 11.5 Å². The van der Waals surface area contributed by atoms with Gasteiger partial charge in [-0.15, -0.1) is 0 Å². The van der Waals surface area contributed by atoms with E-state index in [1.54, 1.807) is 13.1 Å². The normalized spacial score (nSPS) is 19.5. The van der Waals surface area contributed by atoms with Gasteiger partial charge in [-0.05, 0) is 12.8 Å². The third-order valence-corrected chi connectivity index (χ3v) is 5.94. The molecule has 1 unspecified atom stereocenters. The summed E-state index contributed by atoms with van der Waals surface area (Å²) in [5, 5.41) is 0. The van der Waals surface area contributed by atoms with Crippen molar-refractivity contribution in [3.63, 3.8) is 0 Å². The fourth-order valence-corrected chi connectivity index (χ4v) is 4.38. The summed E-state index contributed by atoms with van der Waals surface area (Å²) in [4.78, 5) is 24.3. The fourth-order valence-electron chi connectivity index (χ4n) is 2.61. The van der Waals surface area contributed by atoms with E-state index in [0.717, 1.165) is 19.4 Å². The van der Waals surface area contributed by atoms with Crippen molar-refractivity contribution in [2.24, 2.45) is 0 Å². The van der Waals surface area contributed by atoms with E-state index in [-0.39, 0.29) is 23.5 Å². The number of amides is 1. The van der Waals surface area contributed by atoms with Crippen LogP contribution >= 0.6 is 0 Å². The molecule has 1 saturated heterocycles. The van der Waals surface area contributed by atoms with Crippen LogP contribution in [-0.2, 0) is 9.84 Å². The molecule has 0 spiro atoms. The van der Waals surface area contributed by atoms with E-state index in [2.05, 4.69) is 16.9 Å². The zero-order valence-electron chi connectivity index (χ0n) is 13.9. The Hall–Kier alpha value is -1.70. The SMILES string of the molecule is CCCCN(C)c1cc(C(=O)N(C)C2CCS(=O)(=O)C2)ncn1. The van der Waals surface area contributed by atoms with E-state index in [4.69, 9.17) is 0 Å². The molecule has 1 fully saturated rings. The van der Waals surface area contributed by atoms with Gasteiger partial charge >= 0.3 is 0 Å². The Bertz CT molecular complexity index is 662. The van der Waals surface area contributed by atoms with Gasteiger partial charge in [-0.2, -0.15) is 0 Å². The molecule has 1 aliphatic heterocycles. The molecule has 1 aromatic rings. The maximum Gasteiger partial charge on any atom is 0.272 e. The summed E-state index contributed by atoms with van der Waals surface area (Å²) in [5.41, 5.74) is 0.296. The highest BCUT2D eigenvalue weighted by molar-refractivity contribution is 7.91. The first kappa shape index (κ1) is 17.7. The number of unbranched alkanes of at least 4 members (excludes halogenated alkanes) is 1. The van der Waals surface area contributed by atoms with Crippen LogP contribution in [0, 0.1) is 0 Å². The van der Waals surface area contributed by atoms with E-state index in [1.807, 2.05) is 11.9 Å². The van der Waals surface area contributed by atoms with Gasteiger partial charge < -0.3 is 9.80 Å². The van der Waals surface area contributed by atoms with Gasteiger partial charge in [0.2, 0.25) is 0 Å². The van der Waals surface area contributed by atoms with E-state index in [1.165, 1.54) is 11.2 Å². The molecule has 0 bridgehead atoms. The molecule has 7 nitrogen and oxygen atoms in total. The Balaban J connectivity index is 2.10. The molecular formula is C15H24N4O3S. The number of anilines is 1. The number of carbonyl (C=O) groups is 1. The molecule has 1 atom stereocenters. The van der Waals surface area contributed by atoms with Crippen molar-refractivity contribution in [1.29, 1.82) is 0 Å². The maximum absolute atomic E-state index is 12.6. The standard InChI is InChI=1S/C15H24N4O3S/c1-4-5-7-18(2)14-9-13(16-11-17-14)15(20)19(3)12-6-8-23(21,22)10-12/h9,11-12H,4-8,10H2,1-3H3. The zero-order chi connectivity index (χ0) is 17.0. The molecule has 1 amide bonds. The molecule has 23 heavy (non-hydrogen) atoms. The predicted octanol–water partition coefficient (Wildman–Crippen LogP) is 0.972. The van der Waals surface area contributed by atoms with Crippen molar-refractivity contribution in [3.8, 4) is 0 Å². The second-order valence-electron chi connectivity index (χ2n) is 6.01. The van der Waals surface area contributed by atoms with E-state index in [0.29, 0.717) is 17.9 Å². The van der Waals surface area contributed by atoms with Crippen LogP contribution in [0.3, 0.4) is 0 Å². The highest BCUT2D eigenvalue weighted by Gasteiger charge is 2.33. The second kappa shape index (κ2) is 7.25. The highest BCUT2D eigenvalue weighted by Crippen LogP contribution is 2.19. The van der Waals surface area contributed by atoms with Crippen molar-refractivity contribution < 1.29 is 13.2 Å². The summed E-state index contributed by atoms with van der Waals surface area (Å²) in [5.74, 6) is 0.608. The molecule has 0 radical (unpaired) electrons. The van der Waals surface area contributed by atoms with Crippen LogP contribution in [0.15, 0.2) is 12.4 Å². The molecule has 0 N–H and O–H groups in total. The minimum atomic E-state index is -3.02. The number of aromatic nitrogens is 2. The fraction of sp³-hybridized carbons (Fsp3) is 0.667. The van der Waals surface area contributed by atoms with Crippen LogP contribution in [0.25, 0.3) is 0 Å². The summed E-state index contributed by atoms with van der Waals surface area (Å²) in [6.07, 6.45) is 3.99. The van der Waals surface area contributed by atoms with Gasteiger partial charge in [0.1, 0.15) is 17.8 Å². The van der Waals surface area contributed by atoms with E-state index in [9.17, 15) is 13.2 Å². The molecule has 0 saturated carbocycles. The van der Waals surface area contributed by atoms with Crippen molar-refractivity contribution in [2.75, 3.05) is 37.0 Å². The number of nitrogens with zero attached hydrogens (tertiary/aromatic N) is 4. The number of hydrogen-bond acceptors (Lipinski definition) is 6. The zero-order valence-corrected chi connectivity index (χ0v) is 14.7. The topological polar surface area (TPSA) is 83.5 Å². The Morgan fingerprint density at radius 1 is 1.35 bits per heavy atom. The second-order valence-corrected chi connectivity index (χ2v) is 8.24. The first-order valence-electron chi connectivity index (χ1n) is 7.85. The first-order chi connectivity index (χ1) is 10.8. The van der Waals surface area contributed by atoms with Crippen molar-refractivity contribution in [2.45, 2.75) is 32.2 Å². The first-order valence-corrected chi connectivity index (χ1v) is 9.67. The number of sulfone groups is 1. The van der Waals surface area contributed by atoms with Crippen LogP contribution in [0.1, 0.15) is 36.7 Å². The lowest BCUT2D eigenvalue weighted by atomic mass is 10.2. The summed E-state index contributed by atoms with van der Waals surface area (Å²) < 4.78 is 23.2. The van der Waals surface area contributed by atoms with Gasteiger partial charge in [0.25, 0.3) is 5.91 Å². The Morgan fingerprint density at radius 2 is 2.09 bits per heavy atom. The lowest BCUT2D eigenvalue weighted by Gasteiger charge is -2.23. The summed E-state index contributed by atoms with van der Waals surface area (Å²) in [7, 11) is 0.542. The lowest BCUT2D eigenvalue weighted by Crippen LogP contribution is -2.38. The molecule has 128 valence electrons. The van der Waals surface area contributed by atoms with Crippen LogP contribution in [0.5, 0.6) is 0 Å². The smallest absolute Gasteiger partial charge is 0.272 e. The van der Waals surface area contributed by atoms with Gasteiger partial charge in [-0.3, -0.25) is 4.79 Å². The summed E-state index contributed by atoms with van der Waals surface area (Å²) in [6.45, 7) is 2.98. The molecule has 2 rings (SSSR count).